The summed E-state index contributed by atoms with van der Waals surface area (Å²) in [6, 6.07) is 12.6. The predicted octanol–water partition coefficient (Wildman–Crippen LogP) is 2.23. The summed E-state index contributed by atoms with van der Waals surface area (Å²) < 4.78 is 41.0. The fourth-order valence-electron chi connectivity index (χ4n) is 8.03. The van der Waals surface area contributed by atoms with Crippen LogP contribution in [0.4, 0.5) is 11.8 Å². The summed E-state index contributed by atoms with van der Waals surface area (Å²) in [5.74, 6) is 0.424. The van der Waals surface area contributed by atoms with E-state index in [0.29, 0.717) is 152 Å². The van der Waals surface area contributed by atoms with Crippen molar-refractivity contribution in [2.24, 2.45) is 5.73 Å². The van der Waals surface area contributed by atoms with Gasteiger partial charge in [-0.15, -0.1) is 0 Å². The van der Waals surface area contributed by atoms with Crippen molar-refractivity contribution >= 4 is 39.9 Å². The first-order valence-electron chi connectivity index (χ1n) is 22.1. The van der Waals surface area contributed by atoms with E-state index in [4.69, 9.17) is 55.1 Å². The van der Waals surface area contributed by atoms with Crippen LogP contribution in [0.1, 0.15) is 36.0 Å². The van der Waals surface area contributed by atoms with Crippen LogP contribution < -0.4 is 22.5 Å². The number of likely N-dealkylation sites (tertiary alicyclic amines) is 1. The Morgan fingerprint density at radius 2 is 1.57 bits per heavy atom. The smallest absolute Gasteiger partial charge is 0.292 e. The molecule has 0 spiro atoms. The number of amides is 1. The topological polar surface area (TPSA) is 239 Å². The molecule has 5 aromatic rings. The number of nitrogen functional groups attached to an aromatic ring is 2. The van der Waals surface area contributed by atoms with Crippen LogP contribution in [0.25, 0.3) is 33.4 Å². The Morgan fingerprint density at radius 3 is 2.37 bits per heavy atom. The summed E-state index contributed by atoms with van der Waals surface area (Å²) >= 11 is 0. The van der Waals surface area contributed by atoms with Gasteiger partial charge in [-0.05, 0) is 60.7 Å². The van der Waals surface area contributed by atoms with Gasteiger partial charge in [0.2, 0.25) is 5.91 Å². The molecule has 2 aliphatic heterocycles. The van der Waals surface area contributed by atoms with Crippen molar-refractivity contribution in [3.8, 4) is 11.3 Å². The molecule has 2 aromatic carbocycles. The number of nitrogens with one attached hydrogen (secondary N) is 1. The first kappa shape index (κ1) is 46.2. The Bertz CT molecular complexity index is 2180. The monoisotopic (exact) mass is 873 g/mol. The minimum Gasteiger partial charge on any atom is -0.424 e. The normalized spacial score (nSPS) is 15.6. The second kappa shape index (κ2) is 24.3. The highest BCUT2D eigenvalue weighted by Crippen LogP contribution is 2.33. The maximum absolute atomic E-state index is 13.1. The van der Waals surface area contributed by atoms with E-state index in [1.807, 2.05) is 27.8 Å². The number of carbonyl (C=O) groups is 1. The van der Waals surface area contributed by atoms with Crippen LogP contribution in [0.15, 0.2) is 47.1 Å². The molecule has 1 amide bonds. The van der Waals surface area contributed by atoms with Gasteiger partial charge in [-0.25, -0.2) is 14.6 Å². The highest BCUT2D eigenvalue weighted by Gasteiger charge is 2.24. The number of nitrogens with zero attached hydrogens (tertiary/aromatic N) is 7. The van der Waals surface area contributed by atoms with Crippen molar-refractivity contribution < 1.29 is 37.6 Å². The molecule has 1 fully saturated rings. The van der Waals surface area contributed by atoms with Crippen molar-refractivity contribution in [1.29, 1.82) is 0 Å². The SMILES string of the molecule is NCCOCCOCCNC[C@@H]1CCCN1CCOCCOCCOCCOCCC(=O)N1CCc2cc(Cn3nc(-c4ccc5oc(N)nc5c4)c4c(N)ncnc43)ccc2C1. The van der Waals surface area contributed by atoms with E-state index in [1.54, 1.807) is 0 Å². The van der Waals surface area contributed by atoms with Crippen molar-refractivity contribution in [3.05, 3.63) is 59.4 Å². The number of carbonyl (C=O) groups excluding carboxylic acids is 1. The zero-order chi connectivity index (χ0) is 43.6. The third-order valence-electron chi connectivity index (χ3n) is 11.2. The van der Waals surface area contributed by atoms with E-state index in [2.05, 4.69) is 43.4 Å². The number of rotatable bonds is 28. The average molecular weight is 874 g/mol. The molecule has 7 rings (SSSR count). The quantitative estimate of drug-likeness (QED) is 0.0527. The molecular weight excluding hydrogens is 811 g/mol. The molecule has 0 bridgehead atoms. The summed E-state index contributed by atoms with van der Waals surface area (Å²) in [5, 5.41) is 9.11. The maximum Gasteiger partial charge on any atom is 0.292 e. The molecule has 5 heterocycles. The standard InChI is InChI=1S/C44H63N11O8/c45-9-15-58-19-20-59-16-10-48-28-36-2-1-11-53(36)13-17-60-21-23-62-25-24-61-22-18-57-14-8-39(56)54-12-7-33-26-32(3-4-35(33)30-54)29-55-43-40(42(46)49-31-50-43)41(52-55)34-5-6-38-37(27-34)51-44(47)63-38/h3-6,26-27,31,36,48H,1-2,7-25,28-30,45H2,(H2,47,51)(H2,46,49,50)/t36-/m0/s1. The summed E-state index contributed by atoms with van der Waals surface area (Å²) in [6.45, 7) is 12.5. The van der Waals surface area contributed by atoms with Crippen LogP contribution in [-0.2, 0) is 52.7 Å². The molecule has 0 aliphatic carbocycles. The molecule has 19 heteroatoms. The van der Waals surface area contributed by atoms with Gasteiger partial charge >= 0.3 is 0 Å². The van der Waals surface area contributed by atoms with Crippen LogP contribution in [0, 0.1) is 0 Å². The van der Waals surface area contributed by atoms with E-state index in [-0.39, 0.29) is 11.9 Å². The van der Waals surface area contributed by atoms with Crippen molar-refractivity contribution in [2.45, 2.75) is 44.8 Å². The Hall–Kier alpha value is -4.83. The van der Waals surface area contributed by atoms with Gasteiger partial charge in [-0.3, -0.25) is 9.69 Å². The highest BCUT2D eigenvalue weighted by molar-refractivity contribution is 5.99. The zero-order valence-electron chi connectivity index (χ0n) is 36.2. The number of nitrogens with two attached hydrogens (primary N) is 3. The molecule has 1 saturated heterocycles. The van der Waals surface area contributed by atoms with Crippen molar-refractivity contribution in [3.63, 3.8) is 0 Å². The number of oxazole rings is 1. The first-order chi connectivity index (χ1) is 31.0. The second-order valence-electron chi connectivity index (χ2n) is 15.6. The summed E-state index contributed by atoms with van der Waals surface area (Å²) in [6.07, 6.45) is 4.96. The third kappa shape index (κ3) is 13.3. The number of hydrogen-bond acceptors (Lipinski definition) is 17. The Morgan fingerprint density at radius 1 is 0.825 bits per heavy atom. The van der Waals surface area contributed by atoms with Crippen LogP contribution in [0.5, 0.6) is 0 Å². The summed E-state index contributed by atoms with van der Waals surface area (Å²) in [4.78, 5) is 30.5. The Labute approximate surface area is 367 Å². The number of fused-ring (bicyclic) bond motifs is 3. The lowest BCUT2D eigenvalue weighted by molar-refractivity contribution is -0.133. The summed E-state index contributed by atoms with van der Waals surface area (Å²) in [5.41, 5.74) is 24.3. The summed E-state index contributed by atoms with van der Waals surface area (Å²) in [7, 11) is 0. The second-order valence-corrected chi connectivity index (χ2v) is 15.6. The number of hydrogen-bond donors (Lipinski definition) is 4. The minimum absolute atomic E-state index is 0.0798. The van der Waals surface area contributed by atoms with Crippen LogP contribution in [0.3, 0.4) is 0 Å². The molecule has 0 unspecified atom stereocenters. The van der Waals surface area contributed by atoms with Crippen molar-refractivity contribution in [2.75, 3.05) is 130 Å². The first-order valence-corrected chi connectivity index (χ1v) is 22.1. The van der Waals surface area contributed by atoms with Gasteiger partial charge in [0.25, 0.3) is 6.01 Å². The number of anilines is 2. The fourth-order valence-corrected chi connectivity index (χ4v) is 8.03. The lowest BCUT2D eigenvalue weighted by atomic mass is 9.97. The van der Waals surface area contributed by atoms with E-state index in [0.717, 1.165) is 49.3 Å². The molecule has 0 saturated carbocycles. The van der Waals surface area contributed by atoms with Gasteiger partial charge in [0.05, 0.1) is 97.6 Å². The maximum atomic E-state index is 13.1. The molecule has 342 valence electrons. The van der Waals surface area contributed by atoms with Gasteiger partial charge in [0.1, 0.15) is 23.4 Å². The lowest BCUT2D eigenvalue weighted by Crippen LogP contribution is -2.40. The molecular formula is C44H63N11O8. The van der Waals surface area contributed by atoms with Gasteiger partial charge in [-0.2, -0.15) is 10.1 Å². The van der Waals surface area contributed by atoms with Gasteiger partial charge < -0.3 is 60.3 Å². The zero-order valence-corrected chi connectivity index (χ0v) is 36.2. The van der Waals surface area contributed by atoms with E-state index in [9.17, 15) is 4.79 Å². The highest BCUT2D eigenvalue weighted by atomic mass is 16.6. The molecule has 0 radical (unpaired) electrons. The van der Waals surface area contributed by atoms with E-state index in [1.165, 1.54) is 24.7 Å². The van der Waals surface area contributed by atoms with E-state index >= 15 is 0 Å². The molecule has 7 N–H and O–H groups in total. The van der Waals surface area contributed by atoms with Gasteiger partial charge in [0.15, 0.2) is 11.2 Å². The fraction of sp³-hybridized carbons (Fsp3) is 0.568. The largest absolute Gasteiger partial charge is 0.424 e. The van der Waals surface area contributed by atoms with Crippen LogP contribution >= 0.6 is 0 Å². The molecule has 2 aliphatic rings. The lowest BCUT2D eigenvalue weighted by Gasteiger charge is -2.29. The molecule has 1 atom stereocenters. The number of ether oxygens (including phenoxy) is 6. The molecule has 63 heavy (non-hydrogen) atoms. The minimum atomic E-state index is 0.0798. The predicted molar refractivity (Wildman–Crippen MR) is 238 cm³/mol. The average Bonchev–Trinajstić information content (AvgIpc) is 4.02. The number of aromatic nitrogens is 5. The van der Waals surface area contributed by atoms with Crippen LogP contribution in [-0.4, -0.2) is 165 Å². The molecule has 3 aromatic heterocycles. The Kier molecular flexibility index (Phi) is 17.8. The van der Waals surface area contributed by atoms with Crippen LogP contribution in [0.2, 0.25) is 0 Å². The van der Waals surface area contributed by atoms with Gasteiger partial charge in [-0.1, -0.05) is 18.2 Å². The number of benzene rings is 2. The van der Waals surface area contributed by atoms with Gasteiger partial charge in [0, 0.05) is 50.9 Å². The van der Waals surface area contributed by atoms with E-state index < -0.39 is 0 Å². The van der Waals surface area contributed by atoms with Crippen molar-refractivity contribution in [1.82, 2.24) is 39.8 Å². The Balaban J connectivity index is 0.718. The third-order valence-corrected chi connectivity index (χ3v) is 11.2. The molecule has 19 nitrogen and oxygen atoms in total.